The Morgan fingerprint density at radius 2 is 2.40 bits per heavy atom. The first-order valence-electron chi connectivity index (χ1n) is 6.10. The molecular weight excluding hydrogens is 287 g/mol. The fraction of sp³-hybridized carbons (Fsp3) is 0.417. The summed E-state index contributed by atoms with van der Waals surface area (Å²) in [5.74, 6) is 1.10. The lowest BCUT2D eigenvalue weighted by Crippen LogP contribution is -2.12. The van der Waals surface area contributed by atoms with E-state index in [-0.39, 0.29) is 18.8 Å². The number of alkyl halides is 2. The third kappa shape index (κ3) is 2.59. The number of tetrazole rings is 1. The van der Waals surface area contributed by atoms with E-state index in [2.05, 4.69) is 15.4 Å². The van der Waals surface area contributed by atoms with E-state index in [1.165, 1.54) is 4.80 Å². The number of benzene rings is 1. The van der Waals surface area contributed by atoms with E-state index >= 15 is 0 Å². The van der Waals surface area contributed by atoms with Crippen LogP contribution in [-0.2, 0) is 18.8 Å². The number of ether oxygens (including phenoxy) is 1. The van der Waals surface area contributed by atoms with Gasteiger partial charge in [0.1, 0.15) is 11.9 Å². The lowest BCUT2D eigenvalue weighted by molar-refractivity contribution is 0.0911. The molecule has 0 bridgehead atoms. The molecule has 0 spiro atoms. The molecule has 3 rings (SSSR count). The highest BCUT2D eigenvalue weighted by atomic mass is 35.5. The average Bonchev–Trinajstić information content (AvgIpc) is 3.02. The van der Waals surface area contributed by atoms with Crippen LogP contribution < -0.4 is 4.74 Å². The molecule has 6 nitrogen and oxygen atoms in total. The standard InChI is InChI=1S/C12H12ClFN4O2/c13-5-12-15-17-18(16-12)6-9(19)7-1-2-10-8(3-7)4-11(14)20-10/h1-3,9,11,19H,4-6H2. The van der Waals surface area contributed by atoms with E-state index in [9.17, 15) is 9.50 Å². The molecule has 0 radical (unpaired) electrons. The molecule has 20 heavy (non-hydrogen) atoms. The van der Waals surface area contributed by atoms with Gasteiger partial charge in [-0.05, 0) is 22.9 Å². The molecule has 0 amide bonds. The van der Waals surface area contributed by atoms with Crippen LogP contribution in [0.2, 0.25) is 0 Å². The van der Waals surface area contributed by atoms with E-state index in [0.717, 1.165) is 5.56 Å². The molecule has 106 valence electrons. The van der Waals surface area contributed by atoms with Gasteiger partial charge in [0.2, 0.25) is 6.36 Å². The minimum atomic E-state index is -1.30. The first-order chi connectivity index (χ1) is 9.65. The lowest BCUT2D eigenvalue weighted by Gasteiger charge is -2.10. The van der Waals surface area contributed by atoms with Crippen molar-refractivity contribution < 1.29 is 14.2 Å². The number of rotatable bonds is 4. The van der Waals surface area contributed by atoms with Crippen LogP contribution in [0.15, 0.2) is 18.2 Å². The molecule has 2 unspecified atom stereocenters. The van der Waals surface area contributed by atoms with Gasteiger partial charge >= 0.3 is 0 Å². The van der Waals surface area contributed by atoms with Crippen molar-refractivity contribution in [3.8, 4) is 5.75 Å². The Bertz CT molecular complexity index is 621. The predicted molar refractivity (Wildman–Crippen MR) is 68.0 cm³/mol. The number of hydrogen-bond acceptors (Lipinski definition) is 5. The molecule has 1 aliphatic heterocycles. The molecule has 0 fully saturated rings. The Labute approximate surface area is 119 Å². The number of nitrogens with zero attached hydrogens (tertiary/aromatic N) is 4. The van der Waals surface area contributed by atoms with Crippen LogP contribution >= 0.6 is 11.6 Å². The summed E-state index contributed by atoms with van der Waals surface area (Å²) in [5.41, 5.74) is 1.41. The van der Waals surface area contributed by atoms with Crippen molar-refractivity contribution in [2.24, 2.45) is 0 Å². The van der Waals surface area contributed by atoms with Crippen molar-refractivity contribution in [3.63, 3.8) is 0 Å². The van der Waals surface area contributed by atoms with Gasteiger partial charge in [-0.15, -0.1) is 21.8 Å². The lowest BCUT2D eigenvalue weighted by atomic mass is 10.0. The maximum absolute atomic E-state index is 13.1. The van der Waals surface area contributed by atoms with Crippen molar-refractivity contribution in [1.29, 1.82) is 0 Å². The highest BCUT2D eigenvalue weighted by Gasteiger charge is 2.23. The highest BCUT2D eigenvalue weighted by molar-refractivity contribution is 6.16. The topological polar surface area (TPSA) is 73.1 Å². The highest BCUT2D eigenvalue weighted by Crippen LogP contribution is 2.31. The van der Waals surface area contributed by atoms with Crippen molar-refractivity contribution in [2.75, 3.05) is 0 Å². The molecule has 0 saturated heterocycles. The summed E-state index contributed by atoms with van der Waals surface area (Å²) in [7, 11) is 0. The van der Waals surface area contributed by atoms with Gasteiger partial charge in [-0.3, -0.25) is 0 Å². The van der Waals surface area contributed by atoms with Gasteiger partial charge in [-0.2, -0.15) is 4.80 Å². The molecule has 0 saturated carbocycles. The monoisotopic (exact) mass is 298 g/mol. The van der Waals surface area contributed by atoms with Crippen LogP contribution in [0.1, 0.15) is 23.1 Å². The molecule has 1 N–H and O–H groups in total. The molecule has 1 aromatic carbocycles. The molecule has 2 atom stereocenters. The zero-order valence-corrected chi connectivity index (χ0v) is 11.2. The first kappa shape index (κ1) is 13.3. The van der Waals surface area contributed by atoms with E-state index in [1.54, 1.807) is 18.2 Å². The first-order valence-corrected chi connectivity index (χ1v) is 6.63. The van der Waals surface area contributed by atoms with E-state index in [0.29, 0.717) is 17.1 Å². The van der Waals surface area contributed by atoms with Gasteiger partial charge in [-0.25, -0.2) is 4.39 Å². The average molecular weight is 299 g/mol. The van der Waals surface area contributed by atoms with Crippen LogP contribution in [0.25, 0.3) is 0 Å². The minimum Gasteiger partial charge on any atom is -0.460 e. The largest absolute Gasteiger partial charge is 0.460 e. The SMILES string of the molecule is OC(Cn1nnc(CCl)n1)c1ccc2c(c1)CC(F)O2. The van der Waals surface area contributed by atoms with Gasteiger partial charge < -0.3 is 9.84 Å². The number of aliphatic hydroxyl groups excluding tert-OH is 1. The van der Waals surface area contributed by atoms with E-state index in [4.69, 9.17) is 16.3 Å². The predicted octanol–water partition coefficient (Wildman–Crippen LogP) is 1.38. The van der Waals surface area contributed by atoms with Gasteiger partial charge in [0.05, 0.1) is 12.4 Å². The summed E-state index contributed by atoms with van der Waals surface area (Å²) >= 11 is 5.58. The number of halogens is 2. The number of hydrogen-bond donors (Lipinski definition) is 1. The zero-order chi connectivity index (χ0) is 14.1. The second-order valence-electron chi connectivity index (χ2n) is 4.51. The van der Waals surface area contributed by atoms with Crippen LogP contribution in [0, 0.1) is 0 Å². The normalized spacial score (nSPS) is 18.6. The third-order valence-electron chi connectivity index (χ3n) is 3.05. The Balaban J connectivity index is 1.74. The number of aromatic nitrogens is 4. The van der Waals surface area contributed by atoms with Crippen LogP contribution in [0.4, 0.5) is 4.39 Å². The fourth-order valence-electron chi connectivity index (χ4n) is 2.10. The quantitative estimate of drug-likeness (QED) is 0.863. The Hall–Kier alpha value is -1.73. The third-order valence-corrected chi connectivity index (χ3v) is 3.29. The molecule has 2 aromatic rings. The smallest absolute Gasteiger partial charge is 0.242 e. The van der Waals surface area contributed by atoms with Crippen molar-refractivity contribution in [2.45, 2.75) is 31.3 Å². The van der Waals surface area contributed by atoms with E-state index in [1.807, 2.05) is 0 Å². The van der Waals surface area contributed by atoms with Crippen LogP contribution in [0.5, 0.6) is 5.75 Å². The van der Waals surface area contributed by atoms with Gasteiger partial charge in [-0.1, -0.05) is 6.07 Å². The van der Waals surface area contributed by atoms with Gasteiger partial charge in [0.15, 0.2) is 5.82 Å². The summed E-state index contributed by atoms with van der Waals surface area (Å²) < 4.78 is 18.1. The molecule has 8 heteroatoms. The van der Waals surface area contributed by atoms with Crippen molar-refractivity contribution in [3.05, 3.63) is 35.2 Å². The molecule has 1 aromatic heterocycles. The Morgan fingerprint density at radius 1 is 1.55 bits per heavy atom. The maximum Gasteiger partial charge on any atom is 0.242 e. The summed E-state index contributed by atoms with van der Waals surface area (Å²) in [6, 6.07) is 5.09. The second kappa shape index (κ2) is 5.34. The minimum absolute atomic E-state index is 0.155. The van der Waals surface area contributed by atoms with E-state index < -0.39 is 12.5 Å². The Morgan fingerprint density at radius 3 is 3.15 bits per heavy atom. The molecular formula is C12H12ClFN4O2. The summed E-state index contributed by atoms with van der Waals surface area (Å²) in [6.07, 6.45) is -1.91. The second-order valence-corrected chi connectivity index (χ2v) is 4.78. The summed E-state index contributed by atoms with van der Waals surface area (Å²) in [6.45, 7) is 0.155. The Kier molecular flexibility index (Phi) is 3.54. The van der Waals surface area contributed by atoms with Crippen molar-refractivity contribution in [1.82, 2.24) is 20.2 Å². The number of aliphatic hydroxyl groups is 1. The maximum atomic E-state index is 13.1. The molecule has 2 heterocycles. The molecule has 0 aliphatic carbocycles. The van der Waals surface area contributed by atoms with Gasteiger partial charge in [0, 0.05) is 12.0 Å². The van der Waals surface area contributed by atoms with Gasteiger partial charge in [0.25, 0.3) is 0 Å². The zero-order valence-electron chi connectivity index (χ0n) is 10.4. The van der Waals surface area contributed by atoms with Crippen molar-refractivity contribution >= 4 is 11.6 Å². The fourth-order valence-corrected chi connectivity index (χ4v) is 2.21. The summed E-state index contributed by atoms with van der Waals surface area (Å²) in [5, 5.41) is 21.7. The summed E-state index contributed by atoms with van der Waals surface area (Å²) in [4.78, 5) is 1.28. The van der Waals surface area contributed by atoms with Crippen LogP contribution in [0.3, 0.4) is 0 Å². The molecule has 1 aliphatic rings. The van der Waals surface area contributed by atoms with Crippen LogP contribution in [-0.4, -0.2) is 31.7 Å². The number of fused-ring (bicyclic) bond motifs is 1.